The molecular weight excluding hydrogens is 220 g/mol. The Hall–Kier alpha value is -1.73. The molecule has 0 spiro atoms. The minimum atomic E-state index is 0.557. The highest BCUT2D eigenvalue weighted by atomic mass is 32.1. The summed E-state index contributed by atoms with van der Waals surface area (Å²) in [5, 5.41) is 8.90. The average molecular weight is 232 g/mol. The molecule has 82 valence electrons. The molecule has 0 aliphatic rings. The van der Waals surface area contributed by atoms with E-state index in [0.29, 0.717) is 10.6 Å². The van der Waals surface area contributed by atoms with Gasteiger partial charge in [0.05, 0.1) is 10.6 Å². The molecule has 2 aromatic rings. The first-order chi connectivity index (χ1) is 7.67. The van der Waals surface area contributed by atoms with E-state index in [1.165, 1.54) is 11.3 Å². The topological polar surface area (TPSA) is 63.0 Å². The van der Waals surface area contributed by atoms with E-state index in [9.17, 15) is 0 Å². The lowest BCUT2D eigenvalue weighted by Gasteiger charge is -1.95. The van der Waals surface area contributed by atoms with E-state index in [1.807, 2.05) is 26.0 Å². The van der Waals surface area contributed by atoms with Crippen molar-refractivity contribution in [1.82, 2.24) is 0 Å². The highest BCUT2D eigenvalue weighted by molar-refractivity contribution is 7.16. The molecule has 16 heavy (non-hydrogen) atoms. The smallest absolute Gasteiger partial charge is 0.144 e. The van der Waals surface area contributed by atoms with Crippen molar-refractivity contribution in [2.24, 2.45) is 0 Å². The first-order valence-electron chi connectivity index (χ1n) is 5.05. The molecule has 4 heteroatoms. The van der Waals surface area contributed by atoms with E-state index in [1.54, 1.807) is 0 Å². The largest absolute Gasteiger partial charge is 0.460 e. The van der Waals surface area contributed by atoms with Crippen molar-refractivity contribution in [1.29, 1.82) is 5.26 Å². The van der Waals surface area contributed by atoms with Crippen molar-refractivity contribution in [2.75, 3.05) is 5.73 Å². The molecular formula is C12H12N2OS. The fourth-order valence-corrected chi connectivity index (χ4v) is 2.52. The van der Waals surface area contributed by atoms with Gasteiger partial charge in [0.1, 0.15) is 22.5 Å². The Morgan fingerprint density at radius 1 is 1.50 bits per heavy atom. The summed E-state index contributed by atoms with van der Waals surface area (Å²) in [6.07, 6.45) is 0.866. The zero-order valence-corrected chi connectivity index (χ0v) is 10.0. The number of nitriles is 1. The van der Waals surface area contributed by atoms with Crippen LogP contribution in [0.4, 0.5) is 5.69 Å². The van der Waals surface area contributed by atoms with E-state index in [-0.39, 0.29) is 0 Å². The molecule has 2 N–H and O–H groups in total. The first kappa shape index (κ1) is 10.8. The Kier molecular flexibility index (Phi) is 2.71. The zero-order chi connectivity index (χ0) is 11.7. The van der Waals surface area contributed by atoms with E-state index in [2.05, 4.69) is 6.07 Å². The maximum atomic E-state index is 8.90. The van der Waals surface area contributed by atoms with Gasteiger partial charge in [-0.3, -0.25) is 0 Å². The van der Waals surface area contributed by atoms with Crippen LogP contribution >= 0.6 is 11.3 Å². The SMILES string of the molecule is CCc1ccc(-c2sc(C#N)c(N)c2C)o1. The van der Waals surface area contributed by atoms with Gasteiger partial charge >= 0.3 is 0 Å². The summed E-state index contributed by atoms with van der Waals surface area (Å²) in [6, 6.07) is 5.98. The predicted molar refractivity (Wildman–Crippen MR) is 65.3 cm³/mol. The monoisotopic (exact) mass is 232 g/mol. The van der Waals surface area contributed by atoms with Crippen LogP contribution < -0.4 is 5.73 Å². The van der Waals surface area contributed by atoms with Crippen LogP contribution in [0.2, 0.25) is 0 Å². The third-order valence-electron chi connectivity index (χ3n) is 2.53. The number of nitrogen functional groups attached to an aromatic ring is 1. The van der Waals surface area contributed by atoms with Gasteiger partial charge in [0.2, 0.25) is 0 Å². The molecule has 0 fully saturated rings. The van der Waals surface area contributed by atoms with Gasteiger partial charge in [-0.25, -0.2) is 0 Å². The highest BCUT2D eigenvalue weighted by Crippen LogP contribution is 2.38. The van der Waals surface area contributed by atoms with Gasteiger partial charge in [-0.1, -0.05) is 6.92 Å². The van der Waals surface area contributed by atoms with Gasteiger partial charge < -0.3 is 10.2 Å². The number of thiophene rings is 1. The number of hydrogen-bond acceptors (Lipinski definition) is 4. The number of anilines is 1. The molecule has 3 nitrogen and oxygen atoms in total. The van der Waals surface area contributed by atoms with E-state index >= 15 is 0 Å². The highest BCUT2D eigenvalue weighted by Gasteiger charge is 2.16. The summed E-state index contributed by atoms with van der Waals surface area (Å²) in [7, 11) is 0. The summed E-state index contributed by atoms with van der Waals surface area (Å²) >= 11 is 1.38. The molecule has 0 saturated carbocycles. The fourth-order valence-electron chi connectivity index (χ4n) is 1.53. The number of nitrogens with zero attached hydrogens (tertiary/aromatic N) is 1. The van der Waals surface area contributed by atoms with Crippen molar-refractivity contribution in [3.05, 3.63) is 28.3 Å². The van der Waals surface area contributed by atoms with Crippen LogP contribution in [0.5, 0.6) is 0 Å². The third kappa shape index (κ3) is 1.59. The maximum Gasteiger partial charge on any atom is 0.144 e. The van der Waals surface area contributed by atoms with Crippen LogP contribution in [-0.2, 0) is 6.42 Å². The van der Waals surface area contributed by atoms with Crippen molar-refractivity contribution in [3.8, 4) is 16.7 Å². The second-order valence-corrected chi connectivity index (χ2v) is 4.55. The Labute approximate surface area is 98.1 Å². The van der Waals surface area contributed by atoms with Crippen molar-refractivity contribution in [3.63, 3.8) is 0 Å². The first-order valence-corrected chi connectivity index (χ1v) is 5.87. The predicted octanol–water partition coefficient (Wildman–Crippen LogP) is 3.33. The molecule has 0 aliphatic carbocycles. The Bertz CT molecular complexity index is 560. The standard InChI is InChI=1S/C12H12N2OS/c1-3-8-4-5-9(15-8)12-7(2)11(14)10(6-13)16-12/h4-5H,3,14H2,1-2H3. The molecule has 0 unspecified atom stereocenters. The maximum absolute atomic E-state index is 8.90. The number of hydrogen-bond donors (Lipinski definition) is 1. The number of nitrogens with two attached hydrogens (primary N) is 1. The normalized spacial score (nSPS) is 10.3. The molecule has 0 aromatic carbocycles. The summed E-state index contributed by atoms with van der Waals surface area (Å²) in [4.78, 5) is 1.51. The van der Waals surface area contributed by atoms with E-state index < -0.39 is 0 Å². The molecule has 0 saturated heterocycles. The van der Waals surface area contributed by atoms with Gasteiger partial charge in [-0.05, 0) is 24.6 Å². The van der Waals surface area contributed by atoms with Crippen molar-refractivity contribution in [2.45, 2.75) is 20.3 Å². The lowest BCUT2D eigenvalue weighted by Crippen LogP contribution is -1.87. The van der Waals surface area contributed by atoms with Crippen LogP contribution in [0.1, 0.15) is 23.1 Å². The Morgan fingerprint density at radius 2 is 2.25 bits per heavy atom. The van der Waals surface area contributed by atoms with E-state index in [4.69, 9.17) is 15.4 Å². The third-order valence-corrected chi connectivity index (χ3v) is 3.76. The van der Waals surface area contributed by atoms with Gasteiger partial charge in [0.25, 0.3) is 0 Å². The lowest BCUT2D eigenvalue weighted by atomic mass is 10.2. The summed E-state index contributed by atoms with van der Waals surface area (Å²) in [6.45, 7) is 3.95. The van der Waals surface area contributed by atoms with Crippen LogP contribution in [0.25, 0.3) is 10.6 Å². The van der Waals surface area contributed by atoms with Gasteiger partial charge in [-0.15, -0.1) is 11.3 Å². The summed E-state index contributed by atoms with van der Waals surface area (Å²) in [5.74, 6) is 1.74. The quantitative estimate of drug-likeness (QED) is 0.863. The summed E-state index contributed by atoms with van der Waals surface area (Å²) in [5.41, 5.74) is 7.33. The summed E-state index contributed by atoms with van der Waals surface area (Å²) < 4.78 is 5.66. The van der Waals surface area contributed by atoms with Crippen LogP contribution in [0, 0.1) is 18.3 Å². The molecule has 0 radical (unpaired) electrons. The molecule has 2 heterocycles. The van der Waals surface area contributed by atoms with E-state index in [0.717, 1.165) is 28.4 Å². The average Bonchev–Trinajstić information content (AvgIpc) is 2.86. The molecule has 2 aromatic heterocycles. The zero-order valence-electron chi connectivity index (χ0n) is 9.20. The lowest BCUT2D eigenvalue weighted by molar-refractivity contribution is 0.530. The van der Waals surface area contributed by atoms with Gasteiger partial charge in [0, 0.05) is 6.42 Å². The Morgan fingerprint density at radius 3 is 2.75 bits per heavy atom. The van der Waals surface area contributed by atoms with Crippen LogP contribution in [0.3, 0.4) is 0 Å². The van der Waals surface area contributed by atoms with Crippen LogP contribution in [0.15, 0.2) is 16.5 Å². The van der Waals surface area contributed by atoms with Crippen molar-refractivity contribution >= 4 is 17.0 Å². The molecule has 0 atom stereocenters. The van der Waals surface area contributed by atoms with Gasteiger partial charge in [0.15, 0.2) is 0 Å². The molecule has 0 bridgehead atoms. The minimum Gasteiger partial charge on any atom is -0.460 e. The molecule has 0 amide bonds. The van der Waals surface area contributed by atoms with Crippen LogP contribution in [-0.4, -0.2) is 0 Å². The van der Waals surface area contributed by atoms with Crippen molar-refractivity contribution < 1.29 is 4.42 Å². The number of furan rings is 1. The number of rotatable bonds is 2. The second-order valence-electron chi connectivity index (χ2n) is 3.53. The fraction of sp³-hybridized carbons (Fsp3) is 0.250. The molecule has 2 rings (SSSR count). The minimum absolute atomic E-state index is 0.557. The second kappa shape index (κ2) is 4.03. The number of aryl methyl sites for hydroxylation is 1. The van der Waals surface area contributed by atoms with Gasteiger partial charge in [-0.2, -0.15) is 5.26 Å². The molecule has 0 aliphatic heterocycles. The Balaban J connectivity index is 2.52.